The Morgan fingerprint density at radius 2 is 1.48 bits per heavy atom. The number of hydrogen-bond acceptors (Lipinski definition) is 5. The van der Waals surface area contributed by atoms with Crippen molar-refractivity contribution in [1.82, 2.24) is 10.2 Å². The van der Waals surface area contributed by atoms with Crippen molar-refractivity contribution in [3.05, 3.63) is 125 Å². The van der Waals surface area contributed by atoms with Gasteiger partial charge >= 0.3 is 0 Å². The number of halogens is 1. The molecular weight excluding hydrogens is 622 g/mol. The maximum Gasteiger partial charge on any atom is 0.264 e. The Hall–Kier alpha value is -4.34. The van der Waals surface area contributed by atoms with Gasteiger partial charge in [0.1, 0.15) is 18.3 Å². The quantitative estimate of drug-likeness (QED) is 0.160. The van der Waals surface area contributed by atoms with Gasteiger partial charge in [0, 0.05) is 24.5 Å². The van der Waals surface area contributed by atoms with Gasteiger partial charge in [0.2, 0.25) is 11.8 Å². The van der Waals surface area contributed by atoms with Gasteiger partial charge in [-0.3, -0.25) is 13.9 Å². The second-order valence-corrected chi connectivity index (χ2v) is 13.5. The number of para-hydroxylation sites is 2. The van der Waals surface area contributed by atoms with Crippen molar-refractivity contribution < 1.29 is 22.7 Å². The predicted molar refractivity (Wildman–Crippen MR) is 182 cm³/mol. The van der Waals surface area contributed by atoms with E-state index in [9.17, 15) is 18.0 Å². The number of nitrogens with zero attached hydrogens (tertiary/aromatic N) is 2. The molecule has 242 valence electrons. The Labute approximate surface area is 277 Å². The molecule has 0 fully saturated rings. The Bertz CT molecular complexity index is 1700. The van der Waals surface area contributed by atoms with E-state index in [4.69, 9.17) is 16.3 Å². The molecule has 0 heterocycles. The summed E-state index contributed by atoms with van der Waals surface area (Å²) in [7, 11) is -4.25. The maximum atomic E-state index is 14.6. The molecule has 0 aliphatic rings. The third-order valence-electron chi connectivity index (χ3n) is 7.24. The van der Waals surface area contributed by atoms with E-state index in [-0.39, 0.29) is 35.4 Å². The van der Waals surface area contributed by atoms with Crippen LogP contribution >= 0.6 is 11.6 Å². The lowest BCUT2D eigenvalue weighted by molar-refractivity contribution is -0.140. The summed E-state index contributed by atoms with van der Waals surface area (Å²) in [6, 6.07) is 30.2. The Kier molecular flexibility index (Phi) is 12.2. The van der Waals surface area contributed by atoms with Crippen LogP contribution in [0.2, 0.25) is 5.02 Å². The van der Waals surface area contributed by atoms with E-state index in [0.29, 0.717) is 29.5 Å². The van der Waals surface area contributed by atoms with Crippen molar-refractivity contribution in [2.75, 3.05) is 24.0 Å². The number of carbonyl (C=O) groups is 2. The molecule has 0 saturated heterocycles. The number of hydrogen-bond donors (Lipinski definition) is 1. The summed E-state index contributed by atoms with van der Waals surface area (Å²) < 4.78 is 35.3. The Morgan fingerprint density at radius 3 is 2.13 bits per heavy atom. The molecule has 0 aliphatic heterocycles. The number of amides is 2. The summed E-state index contributed by atoms with van der Waals surface area (Å²) >= 11 is 6.32. The van der Waals surface area contributed by atoms with Crippen molar-refractivity contribution in [3.63, 3.8) is 0 Å². The van der Waals surface area contributed by atoms with Crippen LogP contribution < -0.4 is 14.4 Å². The summed E-state index contributed by atoms with van der Waals surface area (Å²) in [5.41, 5.74) is 1.77. The van der Waals surface area contributed by atoms with E-state index < -0.39 is 28.5 Å². The zero-order valence-corrected chi connectivity index (χ0v) is 27.9. The first-order valence-corrected chi connectivity index (χ1v) is 17.1. The van der Waals surface area contributed by atoms with Gasteiger partial charge in [0.15, 0.2) is 0 Å². The smallest absolute Gasteiger partial charge is 0.264 e. The number of sulfonamides is 1. The SMILES string of the molecule is CCOc1ccccc1N(CC(=O)N(Cc1cccc(Cl)c1)[C@@H](Cc1ccccc1)C(=O)NCC(C)C)S(=O)(=O)c1ccccc1. The highest BCUT2D eigenvalue weighted by Crippen LogP contribution is 2.33. The first-order chi connectivity index (χ1) is 22.1. The van der Waals surface area contributed by atoms with Crippen molar-refractivity contribution in [1.29, 1.82) is 0 Å². The number of benzene rings is 4. The largest absolute Gasteiger partial charge is 0.492 e. The zero-order chi connectivity index (χ0) is 33.1. The number of carbonyl (C=O) groups excluding carboxylic acids is 2. The third kappa shape index (κ3) is 9.11. The van der Waals surface area contributed by atoms with Gasteiger partial charge in [-0.25, -0.2) is 8.42 Å². The van der Waals surface area contributed by atoms with Gasteiger partial charge in [0.05, 0.1) is 17.2 Å². The Balaban J connectivity index is 1.83. The molecule has 0 bridgehead atoms. The first kappa shape index (κ1) is 34.5. The molecule has 46 heavy (non-hydrogen) atoms. The minimum Gasteiger partial charge on any atom is -0.492 e. The van der Waals surface area contributed by atoms with Crippen molar-refractivity contribution in [2.45, 2.75) is 44.7 Å². The van der Waals surface area contributed by atoms with E-state index >= 15 is 0 Å². The second-order valence-electron chi connectivity index (χ2n) is 11.2. The molecule has 0 spiro atoms. The number of nitrogens with one attached hydrogen (secondary N) is 1. The van der Waals surface area contributed by atoms with Crippen LogP contribution in [0.5, 0.6) is 5.75 Å². The molecule has 1 atom stereocenters. The average molecular weight is 662 g/mol. The topological polar surface area (TPSA) is 96.0 Å². The van der Waals surface area contributed by atoms with Crippen LogP contribution in [0, 0.1) is 5.92 Å². The molecule has 10 heteroatoms. The van der Waals surface area contributed by atoms with Gasteiger partial charge in [-0.05, 0) is 60.4 Å². The lowest BCUT2D eigenvalue weighted by atomic mass is 10.0. The zero-order valence-electron chi connectivity index (χ0n) is 26.3. The number of anilines is 1. The maximum absolute atomic E-state index is 14.6. The molecule has 0 unspecified atom stereocenters. The summed E-state index contributed by atoms with van der Waals surface area (Å²) in [6.45, 7) is 5.93. The second kappa shape index (κ2) is 16.3. The molecule has 0 radical (unpaired) electrons. The summed E-state index contributed by atoms with van der Waals surface area (Å²) in [6.07, 6.45) is 0.220. The molecule has 0 aromatic heterocycles. The van der Waals surface area contributed by atoms with E-state index in [2.05, 4.69) is 5.32 Å². The molecule has 4 rings (SSSR count). The summed E-state index contributed by atoms with van der Waals surface area (Å²) in [5.74, 6) is -0.402. The van der Waals surface area contributed by atoms with Gasteiger partial charge in [0.25, 0.3) is 10.0 Å². The van der Waals surface area contributed by atoms with Crippen LogP contribution in [0.25, 0.3) is 0 Å². The molecule has 1 N–H and O–H groups in total. The van der Waals surface area contributed by atoms with Gasteiger partial charge in [-0.2, -0.15) is 0 Å². The number of ether oxygens (including phenoxy) is 1. The minimum absolute atomic E-state index is 0.0194. The van der Waals surface area contributed by atoms with Crippen LogP contribution in [0.4, 0.5) is 5.69 Å². The van der Waals surface area contributed by atoms with E-state index in [0.717, 1.165) is 9.87 Å². The fourth-order valence-electron chi connectivity index (χ4n) is 4.98. The van der Waals surface area contributed by atoms with Crippen LogP contribution in [0.1, 0.15) is 31.9 Å². The van der Waals surface area contributed by atoms with Crippen molar-refractivity contribution >= 4 is 39.1 Å². The highest BCUT2D eigenvalue weighted by Gasteiger charge is 2.35. The molecule has 2 amide bonds. The van der Waals surface area contributed by atoms with Crippen LogP contribution in [0.15, 0.2) is 114 Å². The lowest BCUT2D eigenvalue weighted by Crippen LogP contribution is -2.53. The average Bonchev–Trinajstić information content (AvgIpc) is 3.05. The van der Waals surface area contributed by atoms with Crippen molar-refractivity contribution in [2.24, 2.45) is 5.92 Å². The van der Waals surface area contributed by atoms with E-state index in [1.54, 1.807) is 67.6 Å². The first-order valence-electron chi connectivity index (χ1n) is 15.2. The fraction of sp³-hybridized carbons (Fsp3) is 0.278. The molecular formula is C36H40ClN3O5S. The Morgan fingerprint density at radius 1 is 0.848 bits per heavy atom. The lowest BCUT2D eigenvalue weighted by Gasteiger charge is -2.34. The van der Waals surface area contributed by atoms with Crippen LogP contribution in [0.3, 0.4) is 0 Å². The molecule has 4 aromatic rings. The normalized spacial score (nSPS) is 11.9. The van der Waals surface area contributed by atoms with Crippen LogP contribution in [-0.2, 0) is 32.6 Å². The molecule has 8 nitrogen and oxygen atoms in total. The van der Waals surface area contributed by atoms with Crippen molar-refractivity contribution in [3.8, 4) is 5.75 Å². The standard InChI is InChI=1S/C36H40ClN3O5S/c1-4-45-34-21-12-11-20-32(34)40(46(43,44)31-18-9-6-10-19-31)26-35(41)39(25-29-16-13-17-30(37)22-29)33(36(42)38-24-27(2)3)23-28-14-7-5-8-15-28/h5-22,27,33H,4,23-26H2,1-3H3,(H,38,42)/t33-/m0/s1. The predicted octanol–water partition coefficient (Wildman–Crippen LogP) is 6.35. The molecule has 0 saturated carbocycles. The molecule has 4 aromatic carbocycles. The molecule has 0 aliphatic carbocycles. The fourth-order valence-corrected chi connectivity index (χ4v) is 6.64. The minimum atomic E-state index is -4.25. The highest BCUT2D eigenvalue weighted by atomic mass is 35.5. The summed E-state index contributed by atoms with van der Waals surface area (Å²) in [4.78, 5) is 30.0. The van der Waals surface area contributed by atoms with E-state index in [1.165, 1.54) is 17.0 Å². The van der Waals surface area contributed by atoms with Gasteiger partial charge < -0.3 is 15.0 Å². The van der Waals surface area contributed by atoms with Crippen LogP contribution in [-0.4, -0.2) is 50.9 Å². The van der Waals surface area contributed by atoms with Gasteiger partial charge in [-0.15, -0.1) is 0 Å². The number of rotatable bonds is 15. The summed E-state index contributed by atoms with van der Waals surface area (Å²) in [5, 5.41) is 3.47. The highest BCUT2D eigenvalue weighted by molar-refractivity contribution is 7.92. The van der Waals surface area contributed by atoms with Gasteiger partial charge in [-0.1, -0.05) is 98.2 Å². The monoisotopic (exact) mass is 661 g/mol. The van der Waals surface area contributed by atoms with E-state index in [1.807, 2.05) is 50.2 Å². The third-order valence-corrected chi connectivity index (χ3v) is 9.25.